The van der Waals surface area contributed by atoms with Gasteiger partial charge in [-0.3, -0.25) is 9.69 Å². The van der Waals surface area contributed by atoms with E-state index in [1.54, 1.807) is 11.3 Å². The van der Waals surface area contributed by atoms with Crippen LogP contribution in [-0.2, 0) is 30.7 Å². The molecule has 1 aromatic carbocycles. The second kappa shape index (κ2) is 9.83. The first-order chi connectivity index (χ1) is 14.6. The van der Waals surface area contributed by atoms with Crippen molar-refractivity contribution in [3.8, 4) is 0 Å². The molecule has 6 nitrogen and oxygen atoms in total. The van der Waals surface area contributed by atoms with Crippen molar-refractivity contribution in [1.29, 1.82) is 0 Å². The fourth-order valence-electron chi connectivity index (χ4n) is 4.13. The van der Waals surface area contributed by atoms with Gasteiger partial charge in [-0.1, -0.05) is 30.3 Å². The number of nitrogens with zero attached hydrogens (tertiary/aromatic N) is 2. The fraction of sp³-hybridized carbons (Fsp3) is 0.478. The van der Waals surface area contributed by atoms with Gasteiger partial charge in [0, 0.05) is 24.6 Å². The predicted octanol–water partition coefficient (Wildman–Crippen LogP) is 3.26. The molecule has 0 bridgehead atoms. The van der Waals surface area contributed by atoms with Crippen molar-refractivity contribution >= 4 is 21.6 Å². The van der Waals surface area contributed by atoms with Crippen molar-refractivity contribution in [2.24, 2.45) is 0 Å². The smallest absolute Gasteiger partial charge is 0.259 e. The van der Waals surface area contributed by atoms with E-state index in [1.165, 1.54) is 16.9 Å². The molecule has 7 heteroatoms. The van der Waals surface area contributed by atoms with Crippen LogP contribution in [0.1, 0.15) is 41.6 Å². The lowest BCUT2D eigenvalue weighted by Gasteiger charge is -2.24. The molecule has 30 heavy (non-hydrogen) atoms. The van der Waals surface area contributed by atoms with Gasteiger partial charge in [-0.2, -0.15) is 0 Å². The molecule has 2 N–H and O–H groups in total. The van der Waals surface area contributed by atoms with Gasteiger partial charge in [0.25, 0.3) is 5.56 Å². The van der Waals surface area contributed by atoms with E-state index >= 15 is 0 Å². The van der Waals surface area contributed by atoms with Gasteiger partial charge in [-0.05, 0) is 43.7 Å². The Morgan fingerprint density at radius 3 is 2.83 bits per heavy atom. The van der Waals surface area contributed by atoms with Gasteiger partial charge in [0.15, 0.2) is 0 Å². The van der Waals surface area contributed by atoms with E-state index in [-0.39, 0.29) is 5.56 Å². The summed E-state index contributed by atoms with van der Waals surface area (Å²) in [5, 5.41) is 11.2. The number of fused-ring (bicyclic) bond motifs is 3. The molecule has 0 aliphatic heterocycles. The molecule has 2 heterocycles. The summed E-state index contributed by atoms with van der Waals surface area (Å²) >= 11 is 1.67. The molecule has 0 unspecified atom stereocenters. The van der Waals surface area contributed by atoms with Crippen molar-refractivity contribution < 1.29 is 9.84 Å². The number of aliphatic hydroxyl groups excluding tert-OH is 1. The van der Waals surface area contributed by atoms with Crippen molar-refractivity contribution in [2.75, 3.05) is 19.8 Å². The van der Waals surface area contributed by atoms with Crippen molar-refractivity contribution in [3.05, 3.63) is 62.5 Å². The third kappa shape index (κ3) is 4.98. The zero-order valence-electron chi connectivity index (χ0n) is 17.4. The maximum atomic E-state index is 12.9. The van der Waals surface area contributed by atoms with Crippen LogP contribution in [0.2, 0.25) is 0 Å². The number of aromatic amines is 1. The van der Waals surface area contributed by atoms with Crippen LogP contribution in [0, 0.1) is 0 Å². The maximum absolute atomic E-state index is 12.9. The van der Waals surface area contributed by atoms with Crippen LogP contribution in [0.3, 0.4) is 0 Å². The van der Waals surface area contributed by atoms with E-state index in [2.05, 4.69) is 22.0 Å². The lowest BCUT2D eigenvalue weighted by atomic mass is 9.97. The lowest BCUT2D eigenvalue weighted by molar-refractivity contribution is 0.0175. The van der Waals surface area contributed by atoms with Crippen molar-refractivity contribution in [2.45, 2.75) is 51.8 Å². The quantitative estimate of drug-likeness (QED) is 0.548. The number of hydrogen-bond donors (Lipinski definition) is 2. The number of hydrogen-bond acceptors (Lipinski definition) is 6. The lowest BCUT2D eigenvalue weighted by Crippen LogP contribution is -2.35. The van der Waals surface area contributed by atoms with Gasteiger partial charge >= 0.3 is 0 Å². The molecule has 0 saturated heterocycles. The molecule has 1 aliphatic rings. The third-order valence-corrected chi connectivity index (χ3v) is 6.67. The summed E-state index contributed by atoms with van der Waals surface area (Å²) in [5.41, 5.74) is 2.31. The summed E-state index contributed by atoms with van der Waals surface area (Å²) in [7, 11) is 0. The van der Waals surface area contributed by atoms with Crippen LogP contribution in [0.25, 0.3) is 10.2 Å². The topological polar surface area (TPSA) is 78.5 Å². The molecule has 4 rings (SSSR count). The number of aromatic nitrogens is 2. The Morgan fingerprint density at radius 1 is 1.23 bits per heavy atom. The first-order valence-electron chi connectivity index (χ1n) is 10.7. The third-order valence-electron chi connectivity index (χ3n) is 5.48. The number of aryl methyl sites for hydroxylation is 2. The van der Waals surface area contributed by atoms with E-state index in [0.29, 0.717) is 38.7 Å². The monoisotopic (exact) mass is 427 g/mol. The molecule has 2 aromatic heterocycles. The first-order valence-corrected chi connectivity index (χ1v) is 11.5. The summed E-state index contributed by atoms with van der Waals surface area (Å²) < 4.78 is 5.37. The summed E-state index contributed by atoms with van der Waals surface area (Å²) in [5.74, 6) is 0.644. The number of ether oxygens (including phenoxy) is 1. The summed E-state index contributed by atoms with van der Waals surface area (Å²) in [6, 6.07) is 10.1. The highest BCUT2D eigenvalue weighted by molar-refractivity contribution is 7.18. The highest BCUT2D eigenvalue weighted by Crippen LogP contribution is 2.33. The fourth-order valence-corrected chi connectivity index (χ4v) is 5.41. The number of rotatable bonds is 9. The number of benzene rings is 1. The summed E-state index contributed by atoms with van der Waals surface area (Å²) in [4.78, 5) is 24.9. The summed E-state index contributed by atoms with van der Waals surface area (Å²) in [6.45, 7) is 4.35. The number of thiophene rings is 1. The Labute approximate surface area is 180 Å². The van der Waals surface area contributed by atoms with Gasteiger partial charge in [0.2, 0.25) is 0 Å². The van der Waals surface area contributed by atoms with Crippen LogP contribution in [0.5, 0.6) is 0 Å². The van der Waals surface area contributed by atoms with E-state index in [4.69, 9.17) is 9.72 Å². The molecular weight excluding hydrogens is 398 g/mol. The Bertz CT molecular complexity index is 1030. The first kappa shape index (κ1) is 21.2. The van der Waals surface area contributed by atoms with E-state index in [0.717, 1.165) is 35.0 Å². The van der Waals surface area contributed by atoms with Gasteiger partial charge < -0.3 is 14.8 Å². The molecule has 0 fully saturated rings. The van der Waals surface area contributed by atoms with Crippen LogP contribution in [0.15, 0.2) is 35.1 Å². The minimum absolute atomic E-state index is 0.0380. The Morgan fingerprint density at radius 2 is 2.03 bits per heavy atom. The number of aliphatic hydroxyl groups is 1. The van der Waals surface area contributed by atoms with E-state index < -0.39 is 6.10 Å². The molecule has 0 amide bonds. The van der Waals surface area contributed by atoms with Crippen molar-refractivity contribution in [3.63, 3.8) is 0 Å². The van der Waals surface area contributed by atoms with Gasteiger partial charge in [-0.15, -0.1) is 11.3 Å². The van der Waals surface area contributed by atoms with Gasteiger partial charge in [0.1, 0.15) is 10.7 Å². The number of H-pyrrole nitrogens is 1. The van der Waals surface area contributed by atoms with Crippen LogP contribution < -0.4 is 5.56 Å². The Kier molecular flexibility index (Phi) is 6.94. The standard InChI is InChI=1S/C23H29N3O3S/c1-2-29-15-17(27)13-26(12-16-8-4-3-5-9-16)14-20-24-22(28)21-18-10-6-7-11-19(18)30-23(21)25-20/h3-5,8-9,17,27H,2,6-7,10-15H2,1H3,(H,24,25,28)/t17-/m0/s1. The van der Waals surface area contributed by atoms with E-state index in [1.807, 2.05) is 25.1 Å². The van der Waals surface area contributed by atoms with Crippen LogP contribution in [-0.4, -0.2) is 45.8 Å². The maximum Gasteiger partial charge on any atom is 0.259 e. The SMILES string of the molecule is CCOC[C@@H](O)CN(Cc1ccccc1)Cc1nc2sc3c(c2c(=O)[nH]1)CCCC3. The molecule has 1 aliphatic carbocycles. The zero-order valence-corrected chi connectivity index (χ0v) is 18.2. The van der Waals surface area contributed by atoms with Crippen LogP contribution >= 0.6 is 11.3 Å². The predicted molar refractivity (Wildman–Crippen MR) is 120 cm³/mol. The second-order valence-electron chi connectivity index (χ2n) is 7.87. The largest absolute Gasteiger partial charge is 0.389 e. The average Bonchev–Trinajstić information content (AvgIpc) is 3.11. The highest BCUT2D eigenvalue weighted by atomic mass is 32.1. The molecular formula is C23H29N3O3S. The molecule has 1 atom stereocenters. The van der Waals surface area contributed by atoms with Gasteiger partial charge in [-0.25, -0.2) is 4.98 Å². The van der Waals surface area contributed by atoms with E-state index in [9.17, 15) is 9.90 Å². The Hall–Kier alpha value is -2.06. The average molecular weight is 428 g/mol. The van der Waals surface area contributed by atoms with Crippen LogP contribution in [0.4, 0.5) is 0 Å². The highest BCUT2D eigenvalue weighted by Gasteiger charge is 2.21. The minimum atomic E-state index is -0.599. The minimum Gasteiger partial charge on any atom is -0.389 e. The molecule has 0 spiro atoms. The van der Waals surface area contributed by atoms with Gasteiger partial charge in [0.05, 0.1) is 24.6 Å². The number of nitrogens with one attached hydrogen (secondary N) is 1. The normalized spacial score (nSPS) is 14.9. The molecule has 160 valence electrons. The van der Waals surface area contributed by atoms with Crippen molar-refractivity contribution in [1.82, 2.24) is 14.9 Å². The molecule has 3 aromatic rings. The molecule has 0 saturated carbocycles. The summed E-state index contributed by atoms with van der Waals surface area (Å²) in [6.07, 6.45) is 3.76. The zero-order chi connectivity index (χ0) is 20.9. The Balaban J connectivity index is 1.58. The molecule has 0 radical (unpaired) electrons. The second-order valence-corrected chi connectivity index (χ2v) is 8.96.